The molecule has 0 aliphatic rings. The second kappa shape index (κ2) is 5.43. The maximum atomic E-state index is 13.3. The summed E-state index contributed by atoms with van der Waals surface area (Å²) in [7, 11) is 0. The number of non-ortho nitro benzene ring substituents is 1. The summed E-state index contributed by atoms with van der Waals surface area (Å²) in [5.41, 5.74) is 1.06. The molecule has 0 aliphatic carbocycles. The van der Waals surface area contributed by atoms with Crippen LogP contribution in [0.25, 0.3) is 0 Å². The summed E-state index contributed by atoms with van der Waals surface area (Å²) < 4.78 is 13.3. The van der Waals surface area contributed by atoms with E-state index in [1.54, 1.807) is 12.4 Å². The maximum absolute atomic E-state index is 13.3. The second-order valence-electron chi connectivity index (χ2n) is 4.10. The third kappa shape index (κ3) is 3.25. The summed E-state index contributed by atoms with van der Waals surface area (Å²) in [6, 6.07) is 6.97. The molecule has 0 radical (unpaired) electrons. The molecule has 0 aliphatic heterocycles. The predicted octanol–water partition coefficient (Wildman–Crippen LogP) is 3.30. The maximum Gasteiger partial charge on any atom is 0.274 e. The van der Waals surface area contributed by atoms with Gasteiger partial charge in [0.05, 0.1) is 11.0 Å². The van der Waals surface area contributed by atoms with Gasteiger partial charge in [-0.2, -0.15) is 0 Å². The number of nitrogens with one attached hydrogen (secondary N) is 1. The normalized spacial score (nSPS) is 11.9. The van der Waals surface area contributed by atoms with E-state index in [4.69, 9.17) is 0 Å². The van der Waals surface area contributed by atoms with E-state index < -0.39 is 10.7 Å². The van der Waals surface area contributed by atoms with Gasteiger partial charge >= 0.3 is 0 Å². The van der Waals surface area contributed by atoms with E-state index >= 15 is 0 Å². The Hall–Kier alpha value is -2.50. The molecule has 98 valence electrons. The zero-order chi connectivity index (χ0) is 13.8. The van der Waals surface area contributed by atoms with Gasteiger partial charge in [0.2, 0.25) is 0 Å². The van der Waals surface area contributed by atoms with Crippen molar-refractivity contribution in [2.75, 3.05) is 5.32 Å². The molecule has 0 saturated carbocycles. The topological polar surface area (TPSA) is 68.1 Å². The lowest BCUT2D eigenvalue weighted by Gasteiger charge is -2.15. The molecule has 1 heterocycles. The summed E-state index contributed by atoms with van der Waals surface area (Å²) in [4.78, 5) is 14.0. The number of nitrogens with zero attached hydrogens (tertiary/aromatic N) is 2. The van der Waals surface area contributed by atoms with Crippen molar-refractivity contribution in [3.8, 4) is 0 Å². The lowest BCUT2D eigenvalue weighted by Crippen LogP contribution is -2.07. The SMILES string of the molecule is CC(Nc1cc(F)cc([N+](=O)[O-])c1)c1ccncc1. The third-order valence-corrected chi connectivity index (χ3v) is 2.68. The molecule has 1 N–H and O–H groups in total. The molecule has 1 aromatic heterocycles. The van der Waals surface area contributed by atoms with Gasteiger partial charge in [0.25, 0.3) is 5.69 Å². The van der Waals surface area contributed by atoms with E-state index in [0.29, 0.717) is 5.69 Å². The molecule has 5 nitrogen and oxygen atoms in total. The van der Waals surface area contributed by atoms with E-state index in [0.717, 1.165) is 11.6 Å². The first-order valence-corrected chi connectivity index (χ1v) is 5.67. The van der Waals surface area contributed by atoms with Gasteiger partial charge in [0, 0.05) is 30.2 Å². The van der Waals surface area contributed by atoms with Gasteiger partial charge in [-0.05, 0) is 30.7 Å². The Labute approximate surface area is 109 Å². The summed E-state index contributed by atoms with van der Waals surface area (Å²) in [5, 5.41) is 13.7. The van der Waals surface area contributed by atoms with Gasteiger partial charge in [-0.15, -0.1) is 0 Å². The van der Waals surface area contributed by atoms with Crippen LogP contribution < -0.4 is 5.32 Å². The standard InChI is InChI=1S/C13H12FN3O2/c1-9(10-2-4-15-5-3-10)16-12-6-11(14)7-13(8-12)17(18)19/h2-9,16H,1H3. The number of rotatable bonds is 4. The van der Waals surface area contributed by atoms with Crippen LogP contribution in [0.4, 0.5) is 15.8 Å². The Kier molecular flexibility index (Phi) is 3.70. The average Bonchev–Trinajstić information content (AvgIpc) is 2.39. The number of anilines is 1. The minimum Gasteiger partial charge on any atom is -0.378 e. The number of halogens is 1. The fourth-order valence-corrected chi connectivity index (χ4v) is 1.75. The van der Waals surface area contributed by atoms with Gasteiger partial charge in [-0.25, -0.2) is 4.39 Å². The zero-order valence-electron chi connectivity index (χ0n) is 10.2. The van der Waals surface area contributed by atoms with Crippen molar-refractivity contribution in [3.63, 3.8) is 0 Å². The van der Waals surface area contributed by atoms with Crippen LogP contribution in [0.2, 0.25) is 0 Å². The van der Waals surface area contributed by atoms with Crippen LogP contribution in [0, 0.1) is 15.9 Å². The molecule has 0 bridgehead atoms. The van der Waals surface area contributed by atoms with E-state index in [1.807, 2.05) is 19.1 Å². The number of benzene rings is 1. The molecule has 1 aromatic carbocycles. The molecule has 2 rings (SSSR count). The number of nitro groups is 1. The highest BCUT2D eigenvalue weighted by Gasteiger charge is 2.12. The van der Waals surface area contributed by atoms with Crippen LogP contribution in [-0.4, -0.2) is 9.91 Å². The first kappa shape index (κ1) is 12.9. The first-order valence-electron chi connectivity index (χ1n) is 5.67. The van der Waals surface area contributed by atoms with Gasteiger partial charge < -0.3 is 5.32 Å². The van der Waals surface area contributed by atoms with Crippen molar-refractivity contribution >= 4 is 11.4 Å². The average molecular weight is 261 g/mol. The lowest BCUT2D eigenvalue weighted by molar-refractivity contribution is -0.385. The van der Waals surface area contributed by atoms with Crippen LogP contribution in [0.3, 0.4) is 0 Å². The van der Waals surface area contributed by atoms with E-state index in [1.165, 1.54) is 12.1 Å². The van der Waals surface area contributed by atoms with Crippen molar-refractivity contribution in [1.29, 1.82) is 0 Å². The highest BCUT2D eigenvalue weighted by molar-refractivity contribution is 5.52. The Balaban J connectivity index is 2.21. The monoisotopic (exact) mass is 261 g/mol. The number of pyridine rings is 1. The summed E-state index contributed by atoms with van der Waals surface area (Å²) in [5.74, 6) is -0.640. The molecule has 2 aromatic rings. The lowest BCUT2D eigenvalue weighted by atomic mass is 10.1. The van der Waals surface area contributed by atoms with Crippen molar-refractivity contribution in [2.45, 2.75) is 13.0 Å². The minimum atomic E-state index is -0.640. The van der Waals surface area contributed by atoms with Crippen molar-refractivity contribution in [2.24, 2.45) is 0 Å². The van der Waals surface area contributed by atoms with Crippen molar-refractivity contribution in [3.05, 3.63) is 64.2 Å². The molecule has 0 spiro atoms. The van der Waals surface area contributed by atoms with E-state index in [2.05, 4.69) is 10.3 Å². The first-order chi connectivity index (χ1) is 9.06. The molecule has 0 saturated heterocycles. The molecule has 0 fully saturated rings. The van der Waals surface area contributed by atoms with Crippen molar-refractivity contribution < 1.29 is 9.31 Å². The number of hydrogen-bond acceptors (Lipinski definition) is 4. The van der Waals surface area contributed by atoms with Crippen LogP contribution in [0.5, 0.6) is 0 Å². The molecule has 1 atom stereocenters. The highest BCUT2D eigenvalue weighted by atomic mass is 19.1. The van der Waals surface area contributed by atoms with Gasteiger partial charge in [0.15, 0.2) is 0 Å². The van der Waals surface area contributed by atoms with Crippen LogP contribution in [0.15, 0.2) is 42.7 Å². The number of hydrogen-bond donors (Lipinski definition) is 1. The summed E-state index contributed by atoms with van der Waals surface area (Å²) in [6.07, 6.45) is 3.31. The zero-order valence-corrected chi connectivity index (χ0v) is 10.2. The highest BCUT2D eigenvalue weighted by Crippen LogP contribution is 2.24. The third-order valence-electron chi connectivity index (χ3n) is 2.68. The quantitative estimate of drug-likeness (QED) is 0.677. The Bertz CT molecular complexity index is 590. The fourth-order valence-electron chi connectivity index (χ4n) is 1.75. The number of nitro benzene ring substituents is 1. The van der Waals surface area contributed by atoms with Crippen LogP contribution in [-0.2, 0) is 0 Å². The van der Waals surface area contributed by atoms with Gasteiger partial charge in [0.1, 0.15) is 5.82 Å². The Morgan fingerprint density at radius 1 is 1.32 bits per heavy atom. The predicted molar refractivity (Wildman–Crippen MR) is 69.3 cm³/mol. The fraction of sp³-hybridized carbons (Fsp3) is 0.154. The van der Waals surface area contributed by atoms with Gasteiger partial charge in [-0.3, -0.25) is 15.1 Å². The molecular formula is C13H12FN3O2. The largest absolute Gasteiger partial charge is 0.378 e. The molecule has 6 heteroatoms. The molecule has 0 amide bonds. The number of aromatic nitrogens is 1. The van der Waals surface area contributed by atoms with E-state index in [-0.39, 0.29) is 11.7 Å². The molecular weight excluding hydrogens is 249 g/mol. The molecule has 1 unspecified atom stereocenters. The van der Waals surface area contributed by atoms with E-state index in [9.17, 15) is 14.5 Å². The summed E-state index contributed by atoms with van der Waals surface area (Å²) in [6.45, 7) is 1.88. The molecule has 19 heavy (non-hydrogen) atoms. The Morgan fingerprint density at radius 3 is 2.63 bits per heavy atom. The summed E-state index contributed by atoms with van der Waals surface area (Å²) >= 11 is 0. The van der Waals surface area contributed by atoms with Crippen LogP contribution in [0.1, 0.15) is 18.5 Å². The second-order valence-corrected chi connectivity index (χ2v) is 4.10. The van der Waals surface area contributed by atoms with Crippen molar-refractivity contribution in [1.82, 2.24) is 4.98 Å². The van der Waals surface area contributed by atoms with Crippen LogP contribution >= 0.6 is 0 Å². The van der Waals surface area contributed by atoms with Gasteiger partial charge in [-0.1, -0.05) is 0 Å². The Morgan fingerprint density at radius 2 is 2.00 bits per heavy atom. The minimum absolute atomic E-state index is 0.107. The smallest absolute Gasteiger partial charge is 0.274 e.